The number of pyridine rings is 1. The van der Waals surface area contributed by atoms with Gasteiger partial charge >= 0.3 is 12.0 Å². The fraction of sp³-hybridized carbons (Fsp3) is 0.333. The van der Waals surface area contributed by atoms with Crippen LogP contribution in [0.2, 0.25) is 0 Å². The summed E-state index contributed by atoms with van der Waals surface area (Å²) in [5, 5.41) is 11.0. The van der Waals surface area contributed by atoms with Gasteiger partial charge in [0.2, 0.25) is 5.95 Å². The fourth-order valence-corrected chi connectivity index (χ4v) is 5.95. The Bertz CT molecular complexity index is 1510. The summed E-state index contributed by atoms with van der Waals surface area (Å²) < 4.78 is 5.83. The molecule has 39 heavy (non-hydrogen) atoms. The van der Waals surface area contributed by atoms with E-state index in [-0.39, 0.29) is 6.54 Å². The topological polar surface area (TPSA) is 148 Å². The van der Waals surface area contributed by atoms with E-state index in [0.717, 1.165) is 27.1 Å². The average molecular weight is 548 g/mol. The lowest BCUT2D eigenvalue weighted by Gasteiger charge is -2.41. The smallest absolute Gasteiger partial charge is 0.321 e. The zero-order chi connectivity index (χ0) is 27.7. The van der Waals surface area contributed by atoms with E-state index >= 15 is 0 Å². The number of thiazole rings is 1. The van der Waals surface area contributed by atoms with Crippen LogP contribution in [0, 0.1) is 5.41 Å². The van der Waals surface area contributed by atoms with Crippen molar-refractivity contribution in [2.45, 2.75) is 26.4 Å². The number of carbonyl (C=O) groups is 2. The Morgan fingerprint density at radius 3 is 2.64 bits per heavy atom. The number of nitrogens with zero attached hydrogens (tertiary/aromatic N) is 6. The van der Waals surface area contributed by atoms with E-state index in [9.17, 15) is 14.7 Å². The lowest BCUT2D eigenvalue weighted by molar-refractivity contribution is -0.159. The summed E-state index contributed by atoms with van der Waals surface area (Å²) in [6.45, 7) is 4.69. The maximum atomic E-state index is 12.4. The van der Waals surface area contributed by atoms with Crippen LogP contribution < -0.4 is 15.5 Å². The molecule has 0 saturated carbocycles. The first-order chi connectivity index (χ1) is 18.7. The molecule has 0 aliphatic carbocycles. The number of nitrogens with two attached hydrogens (primary N) is 1. The van der Waals surface area contributed by atoms with Crippen LogP contribution >= 0.6 is 11.3 Å². The van der Waals surface area contributed by atoms with E-state index in [0.29, 0.717) is 36.1 Å². The highest BCUT2D eigenvalue weighted by molar-refractivity contribution is 7.23. The summed E-state index contributed by atoms with van der Waals surface area (Å²) in [4.78, 5) is 46.1. The lowest BCUT2D eigenvalue weighted by Crippen LogP contribution is -2.55. The second kappa shape index (κ2) is 10.5. The molecule has 0 spiro atoms. The normalized spacial score (nSPS) is 19.2. The van der Waals surface area contributed by atoms with Crippen molar-refractivity contribution >= 4 is 44.6 Å². The summed E-state index contributed by atoms with van der Waals surface area (Å²) in [7, 11) is 1.32. The minimum absolute atomic E-state index is 0.241. The molecular weight excluding hydrogens is 518 g/mol. The molecule has 5 rings (SSSR count). The molecule has 1 aliphatic heterocycles. The van der Waals surface area contributed by atoms with Crippen LogP contribution in [0.4, 0.5) is 15.9 Å². The highest BCUT2D eigenvalue weighted by Crippen LogP contribution is 2.39. The molecule has 1 fully saturated rings. The Morgan fingerprint density at radius 2 is 2.00 bits per heavy atom. The van der Waals surface area contributed by atoms with Crippen LogP contribution in [0.3, 0.4) is 0 Å². The molecule has 3 aromatic heterocycles. The molecule has 1 saturated heterocycles. The number of aliphatic hydroxyl groups is 1. The van der Waals surface area contributed by atoms with Crippen molar-refractivity contribution in [3.63, 3.8) is 0 Å². The number of ether oxygens (including phenoxy) is 1. The van der Waals surface area contributed by atoms with Gasteiger partial charge in [0.25, 0.3) is 0 Å². The minimum atomic E-state index is -1.07. The standard InChI is InChI=1S/C27H29N7O4S/c1-4-34(24(28)37)26-32-20-12-16(11-18(22(20)39-26)19-7-5-6-9-29-19)17-13-30-25(31-14-17)33-10-8-21(35)27(2,15-33)23(36)38-3/h5-7,9,11-14,21,35H,4,8,10,15H2,1-3H3,(H2,28,37). The first-order valence-corrected chi connectivity index (χ1v) is 13.3. The van der Waals surface area contributed by atoms with E-state index in [1.54, 1.807) is 25.5 Å². The van der Waals surface area contributed by atoms with Crippen molar-refractivity contribution in [3.05, 3.63) is 48.9 Å². The first-order valence-electron chi connectivity index (χ1n) is 12.5. The van der Waals surface area contributed by atoms with Gasteiger partial charge in [-0.1, -0.05) is 17.4 Å². The average Bonchev–Trinajstić information content (AvgIpc) is 3.38. The number of hydrogen-bond donors (Lipinski definition) is 2. The number of aliphatic hydroxyl groups excluding tert-OH is 1. The number of methoxy groups -OCH3 is 1. The molecule has 3 N–H and O–H groups in total. The number of rotatable bonds is 6. The zero-order valence-corrected chi connectivity index (χ0v) is 22.7. The number of esters is 1. The molecule has 4 aromatic rings. The maximum Gasteiger partial charge on any atom is 0.321 e. The van der Waals surface area contributed by atoms with E-state index in [2.05, 4.69) is 15.0 Å². The Labute approximate surface area is 229 Å². The number of urea groups is 1. The molecule has 0 radical (unpaired) electrons. The Morgan fingerprint density at radius 1 is 1.23 bits per heavy atom. The number of aromatic nitrogens is 4. The number of benzene rings is 1. The highest BCUT2D eigenvalue weighted by atomic mass is 32.1. The number of anilines is 2. The van der Waals surface area contributed by atoms with Gasteiger partial charge in [0.05, 0.1) is 29.1 Å². The molecule has 1 aromatic carbocycles. The van der Waals surface area contributed by atoms with Gasteiger partial charge in [-0.25, -0.2) is 19.7 Å². The number of piperidine rings is 1. The Hall–Kier alpha value is -4.16. The Kier molecular flexibility index (Phi) is 7.15. The van der Waals surface area contributed by atoms with Crippen LogP contribution in [0.15, 0.2) is 48.9 Å². The maximum absolute atomic E-state index is 12.4. The molecule has 4 heterocycles. The van der Waals surface area contributed by atoms with Crippen LogP contribution in [-0.2, 0) is 9.53 Å². The van der Waals surface area contributed by atoms with Crippen molar-refractivity contribution in [2.75, 3.05) is 36.5 Å². The third-order valence-corrected chi connectivity index (χ3v) is 8.19. The zero-order valence-electron chi connectivity index (χ0n) is 21.9. The van der Waals surface area contributed by atoms with E-state index in [1.165, 1.54) is 23.3 Å². The molecule has 2 unspecified atom stereocenters. The van der Waals surface area contributed by atoms with Crippen LogP contribution in [0.1, 0.15) is 20.3 Å². The lowest BCUT2D eigenvalue weighted by atomic mass is 9.79. The van der Waals surface area contributed by atoms with Crippen LogP contribution in [-0.4, -0.2) is 69.9 Å². The van der Waals surface area contributed by atoms with Crippen molar-refractivity contribution in [1.82, 2.24) is 19.9 Å². The summed E-state index contributed by atoms with van der Waals surface area (Å²) >= 11 is 1.39. The van der Waals surface area contributed by atoms with Gasteiger partial charge in [-0.05, 0) is 50.1 Å². The van der Waals surface area contributed by atoms with Gasteiger partial charge in [0.15, 0.2) is 5.13 Å². The number of fused-ring (bicyclic) bond motifs is 1. The van der Waals surface area contributed by atoms with E-state index in [4.69, 9.17) is 15.5 Å². The quantitative estimate of drug-likeness (QED) is 0.346. The van der Waals surface area contributed by atoms with Gasteiger partial charge in [-0.15, -0.1) is 0 Å². The molecular formula is C27H29N7O4S. The number of carbonyl (C=O) groups excluding carboxylic acids is 2. The number of amides is 2. The van der Waals surface area contributed by atoms with Gasteiger partial charge < -0.3 is 20.5 Å². The van der Waals surface area contributed by atoms with E-state index in [1.807, 2.05) is 42.2 Å². The summed E-state index contributed by atoms with van der Waals surface area (Å²) in [6.07, 6.45) is 4.77. The van der Waals surface area contributed by atoms with Crippen molar-refractivity contribution in [3.8, 4) is 22.4 Å². The molecule has 11 nitrogen and oxygen atoms in total. The SMILES string of the molecule is CCN(C(N)=O)c1nc2cc(-c3cnc(N4CCC(O)C(C)(C(=O)OC)C4)nc3)cc(-c3ccccn3)c2s1. The molecule has 1 aliphatic rings. The van der Waals surface area contributed by atoms with Gasteiger partial charge in [0, 0.05) is 49.4 Å². The molecule has 2 amide bonds. The van der Waals surface area contributed by atoms with Gasteiger partial charge in [0.1, 0.15) is 5.41 Å². The number of primary amides is 1. The minimum Gasteiger partial charge on any atom is -0.468 e. The highest BCUT2D eigenvalue weighted by Gasteiger charge is 2.46. The molecule has 0 bridgehead atoms. The predicted octanol–water partition coefficient (Wildman–Crippen LogP) is 3.47. The monoisotopic (exact) mass is 547 g/mol. The van der Waals surface area contributed by atoms with Crippen molar-refractivity contribution in [1.29, 1.82) is 0 Å². The Balaban J connectivity index is 1.52. The van der Waals surface area contributed by atoms with E-state index < -0.39 is 23.5 Å². The molecule has 12 heteroatoms. The second-order valence-electron chi connectivity index (χ2n) is 9.57. The summed E-state index contributed by atoms with van der Waals surface area (Å²) in [6, 6.07) is 9.07. The van der Waals surface area contributed by atoms with Gasteiger partial charge in [-0.2, -0.15) is 0 Å². The summed E-state index contributed by atoms with van der Waals surface area (Å²) in [5.41, 5.74) is 8.45. The first kappa shape index (κ1) is 26.4. The molecule has 2 atom stereocenters. The second-order valence-corrected chi connectivity index (χ2v) is 10.6. The summed E-state index contributed by atoms with van der Waals surface area (Å²) in [5.74, 6) is -0.00456. The predicted molar refractivity (Wildman–Crippen MR) is 149 cm³/mol. The third kappa shape index (κ3) is 4.88. The van der Waals surface area contributed by atoms with Crippen LogP contribution in [0.5, 0.6) is 0 Å². The fourth-order valence-electron chi connectivity index (χ4n) is 4.82. The van der Waals surface area contributed by atoms with Gasteiger partial charge in [-0.3, -0.25) is 14.7 Å². The largest absolute Gasteiger partial charge is 0.468 e. The van der Waals surface area contributed by atoms with Crippen molar-refractivity contribution in [2.24, 2.45) is 11.1 Å². The van der Waals surface area contributed by atoms with Crippen molar-refractivity contribution < 1.29 is 19.4 Å². The molecule has 202 valence electrons. The number of hydrogen-bond acceptors (Lipinski definition) is 10. The third-order valence-electron chi connectivity index (χ3n) is 7.07. The van der Waals surface area contributed by atoms with Crippen LogP contribution in [0.25, 0.3) is 32.6 Å².